The molecule has 26 heavy (non-hydrogen) atoms. The van der Waals surface area contributed by atoms with Crippen LogP contribution in [0.1, 0.15) is 43.6 Å². The number of aryl methyl sites for hydroxylation is 1. The fraction of sp³-hybridized carbons (Fsp3) is 0.381. The van der Waals surface area contributed by atoms with E-state index in [9.17, 15) is 5.26 Å². The van der Waals surface area contributed by atoms with Crippen LogP contribution in [0.5, 0.6) is 0 Å². The van der Waals surface area contributed by atoms with E-state index in [2.05, 4.69) is 42.5 Å². The van der Waals surface area contributed by atoms with Gasteiger partial charge in [0.2, 0.25) is 0 Å². The summed E-state index contributed by atoms with van der Waals surface area (Å²) in [6.45, 7) is 8.44. The molecule has 0 radical (unpaired) electrons. The Morgan fingerprint density at radius 3 is 2.77 bits per heavy atom. The summed E-state index contributed by atoms with van der Waals surface area (Å²) in [6.07, 6.45) is 10.8. The highest BCUT2D eigenvalue weighted by molar-refractivity contribution is 5.56. The smallest absolute Gasteiger partial charge is 0.162 e. The molecule has 0 spiro atoms. The van der Waals surface area contributed by atoms with Gasteiger partial charge in [-0.2, -0.15) is 5.26 Å². The largest absolute Gasteiger partial charge is 0.244 e. The van der Waals surface area contributed by atoms with E-state index in [-0.39, 0.29) is 5.41 Å². The van der Waals surface area contributed by atoms with Crippen LogP contribution in [-0.4, -0.2) is 19.9 Å². The van der Waals surface area contributed by atoms with Crippen LogP contribution in [0.25, 0.3) is 11.4 Å². The zero-order chi connectivity index (χ0) is 18.3. The van der Waals surface area contributed by atoms with Crippen molar-refractivity contribution < 1.29 is 0 Å². The Balaban J connectivity index is 1.96. The number of fused-ring (bicyclic) bond motifs is 3. The number of nitrogens with zero attached hydrogens (tertiary/aromatic N) is 5. The summed E-state index contributed by atoms with van der Waals surface area (Å²) in [4.78, 5) is 18.0. The number of nitriles is 1. The fourth-order valence-corrected chi connectivity index (χ4v) is 4.31. The third kappa shape index (κ3) is 2.45. The van der Waals surface area contributed by atoms with Crippen molar-refractivity contribution in [2.24, 2.45) is 5.92 Å². The van der Waals surface area contributed by atoms with Gasteiger partial charge < -0.3 is 0 Å². The Labute approximate surface area is 153 Å². The lowest BCUT2D eigenvalue weighted by Crippen LogP contribution is -2.40. The van der Waals surface area contributed by atoms with E-state index >= 15 is 0 Å². The van der Waals surface area contributed by atoms with Gasteiger partial charge in [0.05, 0.1) is 22.9 Å². The number of allylic oxidation sites excluding steroid dienone is 3. The van der Waals surface area contributed by atoms with Crippen LogP contribution in [0.2, 0.25) is 0 Å². The summed E-state index contributed by atoms with van der Waals surface area (Å²) in [5, 5.41) is 9.52. The van der Waals surface area contributed by atoms with Crippen molar-refractivity contribution in [3.05, 3.63) is 59.5 Å². The summed E-state index contributed by atoms with van der Waals surface area (Å²) in [6, 6.07) is 2.32. The standard InChI is InChI=1S/C21H21N5/c1-4-18-17-6-5-16-7-13(2)14(9-22)8-21(16,3)19(17)26-20(25-18)15-10-23-12-24-11-15/h8,10-12,16H,2,4-7H2,1,3H3. The van der Waals surface area contributed by atoms with Crippen LogP contribution in [0.4, 0.5) is 0 Å². The summed E-state index contributed by atoms with van der Waals surface area (Å²) >= 11 is 0. The molecule has 0 saturated heterocycles. The van der Waals surface area contributed by atoms with Crippen molar-refractivity contribution in [2.75, 3.05) is 0 Å². The molecule has 2 atom stereocenters. The average Bonchev–Trinajstić information content (AvgIpc) is 2.68. The molecule has 2 aliphatic carbocycles. The highest BCUT2D eigenvalue weighted by Crippen LogP contribution is 2.49. The second-order valence-electron chi connectivity index (χ2n) is 7.30. The first-order valence-corrected chi connectivity index (χ1v) is 9.03. The van der Waals surface area contributed by atoms with Crippen molar-refractivity contribution in [3.63, 3.8) is 0 Å². The molecule has 0 aliphatic heterocycles. The zero-order valence-electron chi connectivity index (χ0n) is 15.2. The van der Waals surface area contributed by atoms with Crippen molar-refractivity contribution in [2.45, 2.75) is 44.9 Å². The van der Waals surface area contributed by atoms with Crippen LogP contribution < -0.4 is 0 Å². The minimum absolute atomic E-state index is 0.267. The molecule has 0 aromatic carbocycles. The second kappa shape index (κ2) is 6.14. The van der Waals surface area contributed by atoms with Gasteiger partial charge in [0.15, 0.2) is 5.82 Å². The van der Waals surface area contributed by atoms with E-state index in [1.807, 2.05) is 0 Å². The number of hydrogen-bond acceptors (Lipinski definition) is 5. The van der Waals surface area contributed by atoms with Gasteiger partial charge >= 0.3 is 0 Å². The number of rotatable bonds is 2. The van der Waals surface area contributed by atoms with Crippen LogP contribution in [0.15, 0.2) is 42.5 Å². The Hall–Kier alpha value is -2.87. The lowest BCUT2D eigenvalue weighted by molar-refractivity contribution is 0.292. The maximum Gasteiger partial charge on any atom is 0.162 e. The van der Waals surface area contributed by atoms with Crippen molar-refractivity contribution in [1.29, 1.82) is 5.26 Å². The van der Waals surface area contributed by atoms with Gasteiger partial charge in [-0.15, -0.1) is 0 Å². The van der Waals surface area contributed by atoms with Gasteiger partial charge in [0.1, 0.15) is 6.33 Å². The first kappa shape index (κ1) is 16.6. The highest BCUT2D eigenvalue weighted by Gasteiger charge is 2.44. The monoisotopic (exact) mass is 343 g/mol. The minimum Gasteiger partial charge on any atom is -0.244 e. The molecule has 2 aliphatic rings. The molecule has 2 aromatic heterocycles. The quantitative estimate of drug-likeness (QED) is 0.830. The van der Waals surface area contributed by atoms with E-state index in [1.54, 1.807) is 12.4 Å². The molecule has 0 saturated carbocycles. The Kier molecular flexibility index (Phi) is 3.91. The van der Waals surface area contributed by atoms with Crippen molar-refractivity contribution in [3.8, 4) is 17.5 Å². The lowest BCUT2D eigenvalue weighted by atomic mass is 9.60. The predicted molar refractivity (Wildman–Crippen MR) is 99.1 cm³/mol. The Morgan fingerprint density at radius 2 is 2.08 bits per heavy atom. The number of aromatic nitrogens is 4. The first-order valence-electron chi connectivity index (χ1n) is 9.03. The molecule has 0 bridgehead atoms. The summed E-state index contributed by atoms with van der Waals surface area (Å²) in [5.74, 6) is 1.08. The van der Waals surface area contributed by atoms with Crippen LogP contribution in [-0.2, 0) is 18.3 Å². The number of hydrogen-bond donors (Lipinski definition) is 0. The van der Waals surface area contributed by atoms with Crippen molar-refractivity contribution >= 4 is 0 Å². The molecule has 5 nitrogen and oxygen atoms in total. The Morgan fingerprint density at radius 1 is 1.31 bits per heavy atom. The third-order valence-corrected chi connectivity index (χ3v) is 5.79. The molecule has 0 amide bonds. The van der Waals surface area contributed by atoms with Gasteiger partial charge in [-0.25, -0.2) is 19.9 Å². The Bertz CT molecular complexity index is 954. The summed E-state index contributed by atoms with van der Waals surface area (Å²) in [7, 11) is 0. The van der Waals surface area contributed by atoms with Gasteiger partial charge in [0.25, 0.3) is 0 Å². The summed E-state index contributed by atoms with van der Waals surface area (Å²) < 4.78 is 0. The molecule has 5 heteroatoms. The molecule has 0 N–H and O–H groups in total. The summed E-state index contributed by atoms with van der Waals surface area (Å²) in [5.41, 5.74) is 5.58. The molecule has 0 fully saturated rings. The van der Waals surface area contributed by atoms with Crippen LogP contribution >= 0.6 is 0 Å². The molecule has 2 unspecified atom stereocenters. The SMILES string of the molecule is C=C1CC2CCc3c(CC)nc(-c4cncnc4)nc3C2(C)C=C1C#N. The normalized spacial score (nSPS) is 24.3. The maximum atomic E-state index is 9.52. The fourth-order valence-electron chi connectivity index (χ4n) is 4.31. The molecular weight excluding hydrogens is 322 g/mol. The van der Waals surface area contributed by atoms with Gasteiger partial charge in [-0.1, -0.05) is 26.5 Å². The molecule has 2 aromatic rings. The zero-order valence-corrected chi connectivity index (χ0v) is 15.2. The molecular formula is C21H21N5. The first-order chi connectivity index (χ1) is 12.6. The minimum atomic E-state index is -0.267. The molecule has 4 rings (SSSR count). The van der Waals surface area contributed by atoms with Crippen LogP contribution in [0.3, 0.4) is 0 Å². The van der Waals surface area contributed by atoms with Crippen molar-refractivity contribution in [1.82, 2.24) is 19.9 Å². The van der Waals surface area contributed by atoms with Gasteiger partial charge in [0, 0.05) is 23.5 Å². The molecule has 2 heterocycles. The van der Waals surface area contributed by atoms with E-state index in [0.29, 0.717) is 17.3 Å². The van der Waals surface area contributed by atoms with E-state index in [4.69, 9.17) is 9.97 Å². The average molecular weight is 343 g/mol. The van der Waals surface area contributed by atoms with Gasteiger partial charge in [-0.05, 0) is 42.7 Å². The molecule has 130 valence electrons. The highest BCUT2D eigenvalue weighted by atomic mass is 14.9. The van der Waals surface area contributed by atoms with E-state index < -0.39 is 0 Å². The maximum absolute atomic E-state index is 9.52. The third-order valence-electron chi connectivity index (χ3n) is 5.79. The van der Waals surface area contributed by atoms with E-state index in [1.165, 1.54) is 11.9 Å². The van der Waals surface area contributed by atoms with Gasteiger partial charge in [-0.3, -0.25) is 0 Å². The van der Waals surface area contributed by atoms with E-state index in [0.717, 1.165) is 48.2 Å². The second-order valence-corrected chi connectivity index (χ2v) is 7.30. The topological polar surface area (TPSA) is 75.3 Å². The lowest BCUT2D eigenvalue weighted by Gasteiger charge is -2.44. The van der Waals surface area contributed by atoms with Crippen LogP contribution in [0, 0.1) is 17.2 Å². The predicted octanol–water partition coefficient (Wildman–Crippen LogP) is 3.73.